The molecule has 1 N–H and O–H groups in total. The highest BCUT2D eigenvalue weighted by Crippen LogP contribution is 2.45. The predicted molar refractivity (Wildman–Crippen MR) is 117 cm³/mol. The summed E-state index contributed by atoms with van der Waals surface area (Å²) in [5.41, 5.74) is 1.68. The van der Waals surface area contributed by atoms with E-state index >= 15 is 0 Å². The number of nitrogens with zero attached hydrogens (tertiary/aromatic N) is 2. The van der Waals surface area contributed by atoms with E-state index in [0.29, 0.717) is 29.9 Å². The molecule has 4 heterocycles. The summed E-state index contributed by atoms with van der Waals surface area (Å²) in [4.78, 5) is 34.3. The van der Waals surface area contributed by atoms with Crippen molar-refractivity contribution >= 4 is 16.8 Å². The number of rotatable bonds is 1. The first-order chi connectivity index (χ1) is 15.1. The van der Waals surface area contributed by atoms with E-state index in [-0.39, 0.29) is 28.3 Å². The molecule has 6 heteroatoms. The second-order valence-corrected chi connectivity index (χ2v) is 9.73. The third-order valence-electron chi connectivity index (χ3n) is 7.99. The number of benzene rings is 1. The van der Waals surface area contributed by atoms with E-state index in [2.05, 4.69) is 16.0 Å². The van der Waals surface area contributed by atoms with E-state index in [1.165, 1.54) is 43.2 Å². The Morgan fingerprint density at radius 2 is 2.06 bits per heavy atom. The molecule has 31 heavy (non-hydrogen) atoms. The summed E-state index contributed by atoms with van der Waals surface area (Å²) in [6, 6.07) is 4.83. The molecule has 6 rings (SSSR count). The number of carbonyl (C=O) groups excluding carboxylic acids is 1. The van der Waals surface area contributed by atoms with E-state index in [1.807, 2.05) is 4.90 Å². The Balaban J connectivity index is 1.37. The molecule has 2 bridgehead atoms. The Hall–Kier alpha value is -2.47. The molecule has 1 aliphatic carbocycles. The van der Waals surface area contributed by atoms with Crippen LogP contribution in [0.15, 0.2) is 40.8 Å². The Morgan fingerprint density at radius 3 is 2.97 bits per heavy atom. The number of piperidine rings is 3. The fraction of sp³-hybridized carbons (Fsp3) is 0.520. The van der Waals surface area contributed by atoms with Gasteiger partial charge in [-0.2, -0.15) is 0 Å². The standard InChI is InChI=1S/C25H28FN3O2/c26-18-6-7-21-19(12-18)24(30)20(13-27-21)25(31)29-9-3-4-15-10-16-11-17(23(15)29)14-28-8-2-1-5-22(16)28/h6-7,10,12-13,16-17,22-23H,1-5,8-9,11,14H2,(H,27,30)/t16-,17+,22-,23+/m0/s1. The minimum atomic E-state index is -0.470. The van der Waals surface area contributed by atoms with Crippen molar-refractivity contribution in [3.63, 3.8) is 0 Å². The number of aromatic amines is 1. The van der Waals surface area contributed by atoms with Crippen molar-refractivity contribution in [1.82, 2.24) is 14.8 Å². The minimum Gasteiger partial charge on any atom is -0.360 e. The Morgan fingerprint density at radius 1 is 1.16 bits per heavy atom. The molecule has 162 valence electrons. The number of halogens is 1. The quantitative estimate of drug-likeness (QED) is 0.715. The van der Waals surface area contributed by atoms with Gasteiger partial charge in [0.1, 0.15) is 11.4 Å². The number of H-pyrrole nitrogens is 1. The lowest BCUT2D eigenvalue weighted by atomic mass is 9.68. The maximum absolute atomic E-state index is 13.7. The van der Waals surface area contributed by atoms with E-state index in [1.54, 1.807) is 6.07 Å². The second-order valence-electron chi connectivity index (χ2n) is 9.73. The Labute approximate surface area is 180 Å². The van der Waals surface area contributed by atoms with Gasteiger partial charge in [0.2, 0.25) is 5.43 Å². The number of pyridine rings is 1. The zero-order valence-corrected chi connectivity index (χ0v) is 17.6. The van der Waals surface area contributed by atoms with Gasteiger partial charge in [-0.05, 0) is 68.7 Å². The zero-order valence-electron chi connectivity index (χ0n) is 17.6. The van der Waals surface area contributed by atoms with Crippen LogP contribution in [0.25, 0.3) is 10.9 Å². The van der Waals surface area contributed by atoms with Crippen LogP contribution in [-0.2, 0) is 0 Å². The molecule has 3 fully saturated rings. The van der Waals surface area contributed by atoms with Crippen LogP contribution >= 0.6 is 0 Å². The van der Waals surface area contributed by atoms with Crippen LogP contribution in [0.2, 0.25) is 0 Å². The molecular formula is C25H28FN3O2. The fourth-order valence-electron chi connectivity index (χ4n) is 6.71. The van der Waals surface area contributed by atoms with Crippen LogP contribution in [0.1, 0.15) is 48.9 Å². The number of amides is 1. The average Bonchev–Trinajstić information content (AvgIpc) is 2.79. The highest BCUT2D eigenvalue weighted by molar-refractivity contribution is 5.97. The van der Waals surface area contributed by atoms with E-state index < -0.39 is 5.82 Å². The van der Waals surface area contributed by atoms with Crippen molar-refractivity contribution in [3.8, 4) is 0 Å². The van der Waals surface area contributed by atoms with Crippen LogP contribution in [0.3, 0.4) is 0 Å². The Bertz CT molecular complexity index is 1140. The summed E-state index contributed by atoms with van der Waals surface area (Å²) < 4.78 is 13.7. The average molecular weight is 422 g/mol. The number of aromatic nitrogens is 1. The van der Waals surface area contributed by atoms with Gasteiger partial charge in [-0.1, -0.05) is 18.1 Å². The molecule has 0 spiro atoms. The molecule has 4 atom stereocenters. The number of fused-ring (bicyclic) bond motifs is 7. The van der Waals surface area contributed by atoms with Crippen molar-refractivity contribution < 1.29 is 9.18 Å². The van der Waals surface area contributed by atoms with Crippen LogP contribution in [0.4, 0.5) is 4.39 Å². The smallest absolute Gasteiger partial charge is 0.259 e. The number of hydrogen-bond acceptors (Lipinski definition) is 3. The van der Waals surface area contributed by atoms with Gasteiger partial charge in [-0.3, -0.25) is 14.5 Å². The molecule has 3 saturated heterocycles. The summed E-state index contributed by atoms with van der Waals surface area (Å²) in [5.74, 6) is 0.345. The maximum Gasteiger partial charge on any atom is 0.259 e. The first-order valence-electron chi connectivity index (χ1n) is 11.7. The predicted octanol–water partition coefficient (Wildman–Crippen LogP) is 3.70. The van der Waals surface area contributed by atoms with Gasteiger partial charge < -0.3 is 9.88 Å². The maximum atomic E-state index is 13.7. The van der Waals surface area contributed by atoms with Crippen molar-refractivity contribution in [2.24, 2.45) is 11.8 Å². The molecule has 1 amide bonds. The summed E-state index contributed by atoms with van der Waals surface area (Å²) in [6.45, 7) is 2.88. The summed E-state index contributed by atoms with van der Waals surface area (Å²) in [5, 5.41) is 0.233. The molecule has 0 radical (unpaired) electrons. The first kappa shape index (κ1) is 19.2. The molecule has 4 aliphatic rings. The number of nitrogens with one attached hydrogen (secondary N) is 1. The Kier molecular flexibility index (Phi) is 4.53. The molecule has 5 nitrogen and oxygen atoms in total. The van der Waals surface area contributed by atoms with Gasteiger partial charge in [0.15, 0.2) is 0 Å². The minimum absolute atomic E-state index is 0.0861. The van der Waals surface area contributed by atoms with E-state index in [9.17, 15) is 14.0 Å². The largest absolute Gasteiger partial charge is 0.360 e. The lowest BCUT2D eigenvalue weighted by Gasteiger charge is -2.54. The second kappa shape index (κ2) is 7.30. The van der Waals surface area contributed by atoms with Crippen LogP contribution in [0, 0.1) is 17.7 Å². The van der Waals surface area contributed by atoms with Crippen molar-refractivity contribution in [1.29, 1.82) is 0 Å². The highest BCUT2D eigenvalue weighted by Gasteiger charge is 2.47. The number of hydrogen-bond donors (Lipinski definition) is 1. The van der Waals surface area contributed by atoms with E-state index in [0.717, 1.165) is 32.4 Å². The third kappa shape index (κ3) is 3.06. The highest BCUT2D eigenvalue weighted by atomic mass is 19.1. The number of likely N-dealkylation sites (tertiary alicyclic amines) is 1. The summed E-state index contributed by atoms with van der Waals surface area (Å²) >= 11 is 0. The summed E-state index contributed by atoms with van der Waals surface area (Å²) in [6.07, 6.45) is 11.0. The molecule has 0 saturated carbocycles. The third-order valence-corrected chi connectivity index (χ3v) is 7.99. The molecule has 3 aliphatic heterocycles. The van der Waals surface area contributed by atoms with Gasteiger partial charge >= 0.3 is 0 Å². The molecule has 1 aromatic carbocycles. The molecule has 0 unspecified atom stereocenters. The van der Waals surface area contributed by atoms with Gasteiger partial charge in [-0.25, -0.2) is 4.39 Å². The number of carbonyl (C=O) groups is 1. The van der Waals surface area contributed by atoms with Gasteiger partial charge in [-0.15, -0.1) is 0 Å². The normalized spacial score (nSPS) is 30.5. The van der Waals surface area contributed by atoms with Crippen LogP contribution in [-0.4, -0.2) is 52.4 Å². The molecule has 2 aromatic rings. The van der Waals surface area contributed by atoms with Crippen molar-refractivity contribution in [2.45, 2.75) is 50.6 Å². The molecule has 1 aromatic heterocycles. The van der Waals surface area contributed by atoms with Gasteiger partial charge in [0.25, 0.3) is 5.91 Å². The fourth-order valence-corrected chi connectivity index (χ4v) is 6.71. The monoisotopic (exact) mass is 421 g/mol. The molecular weight excluding hydrogens is 393 g/mol. The lowest BCUT2D eigenvalue weighted by Crippen LogP contribution is -2.60. The lowest BCUT2D eigenvalue weighted by molar-refractivity contribution is 0.00143. The van der Waals surface area contributed by atoms with E-state index in [4.69, 9.17) is 0 Å². The van der Waals surface area contributed by atoms with Gasteiger partial charge in [0, 0.05) is 36.2 Å². The van der Waals surface area contributed by atoms with Crippen molar-refractivity contribution in [3.05, 3.63) is 57.6 Å². The van der Waals surface area contributed by atoms with Gasteiger partial charge in [0.05, 0.1) is 6.04 Å². The first-order valence-corrected chi connectivity index (χ1v) is 11.7. The summed E-state index contributed by atoms with van der Waals surface area (Å²) in [7, 11) is 0. The van der Waals surface area contributed by atoms with Crippen LogP contribution < -0.4 is 5.43 Å². The van der Waals surface area contributed by atoms with Crippen molar-refractivity contribution in [2.75, 3.05) is 19.6 Å². The SMILES string of the molecule is O=C(c1c[nH]c2ccc(F)cc2c1=O)N1CCCC2=C[C@H]3C[C@H](CN4CCCC[C@@H]34)[C@@H]21. The topological polar surface area (TPSA) is 56.4 Å². The zero-order chi connectivity index (χ0) is 21.1. The van der Waals surface area contributed by atoms with Crippen LogP contribution in [0.5, 0.6) is 0 Å².